The molecule has 114 valence electrons. The number of hydrogen-bond acceptors (Lipinski definition) is 5. The van der Waals surface area contributed by atoms with Crippen LogP contribution in [-0.2, 0) is 15.8 Å². The Kier molecular flexibility index (Phi) is 4.34. The van der Waals surface area contributed by atoms with E-state index >= 15 is 0 Å². The molecule has 2 rings (SSSR count). The minimum absolute atomic E-state index is 0.119. The molecule has 0 aliphatic heterocycles. The van der Waals surface area contributed by atoms with Gasteiger partial charge in [0.05, 0.1) is 11.4 Å². The van der Waals surface area contributed by atoms with E-state index in [1.165, 1.54) is 0 Å². The van der Waals surface area contributed by atoms with Crippen molar-refractivity contribution >= 4 is 15.7 Å². The zero-order valence-corrected chi connectivity index (χ0v) is 13.1. The highest BCUT2D eigenvalue weighted by atomic mass is 32.2. The summed E-state index contributed by atoms with van der Waals surface area (Å²) >= 11 is 0. The summed E-state index contributed by atoms with van der Waals surface area (Å²) in [6.07, 6.45) is 0. The third-order valence-electron chi connectivity index (χ3n) is 3.19. The molecule has 1 unspecified atom stereocenters. The lowest BCUT2D eigenvalue weighted by molar-refractivity contribution is 0.391. The van der Waals surface area contributed by atoms with Gasteiger partial charge in [-0.2, -0.15) is 0 Å². The second kappa shape index (κ2) is 5.87. The molecular weight excluding hydrogens is 290 g/mol. The molecule has 0 aliphatic rings. The fourth-order valence-corrected chi connectivity index (χ4v) is 3.74. The summed E-state index contributed by atoms with van der Waals surface area (Å²) < 4.78 is 32.2. The minimum Gasteiger partial charge on any atom is -0.399 e. The lowest BCUT2D eigenvalue weighted by atomic mass is 10.1. The molecule has 6 nitrogen and oxygen atoms in total. The third kappa shape index (κ3) is 3.83. The van der Waals surface area contributed by atoms with Crippen molar-refractivity contribution in [3.63, 3.8) is 0 Å². The molecule has 21 heavy (non-hydrogen) atoms. The molecule has 0 saturated heterocycles. The topological polar surface area (TPSA) is 98.2 Å². The highest BCUT2D eigenvalue weighted by Crippen LogP contribution is 2.22. The first-order chi connectivity index (χ1) is 9.78. The Morgan fingerprint density at radius 2 is 2.10 bits per heavy atom. The maximum atomic E-state index is 12.2. The van der Waals surface area contributed by atoms with Crippen molar-refractivity contribution in [3.8, 4) is 0 Å². The number of nitrogen functional groups attached to an aromatic ring is 1. The molecule has 0 bridgehead atoms. The number of hydrogen-bond donors (Lipinski definition) is 2. The van der Waals surface area contributed by atoms with E-state index in [0.717, 1.165) is 5.56 Å². The quantitative estimate of drug-likeness (QED) is 0.824. The molecule has 1 aromatic heterocycles. The number of aromatic nitrogens is 1. The van der Waals surface area contributed by atoms with Gasteiger partial charge in [-0.15, -0.1) is 0 Å². The Morgan fingerprint density at radius 3 is 2.67 bits per heavy atom. The molecule has 0 aliphatic carbocycles. The zero-order chi connectivity index (χ0) is 15.6. The number of rotatable bonds is 5. The monoisotopic (exact) mass is 309 g/mol. The molecular formula is C14H19N3O3S. The summed E-state index contributed by atoms with van der Waals surface area (Å²) in [5.41, 5.74) is 8.31. The van der Waals surface area contributed by atoms with Gasteiger partial charge in [0, 0.05) is 17.3 Å². The van der Waals surface area contributed by atoms with E-state index in [4.69, 9.17) is 10.3 Å². The van der Waals surface area contributed by atoms with E-state index in [0.29, 0.717) is 22.7 Å². The van der Waals surface area contributed by atoms with Crippen LogP contribution in [0.4, 0.5) is 5.69 Å². The average Bonchev–Trinajstić information content (AvgIpc) is 2.67. The lowest BCUT2D eigenvalue weighted by Gasteiger charge is -2.14. The predicted octanol–water partition coefficient (Wildman–Crippen LogP) is 2.05. The summed E-state index contributed by atoms with van der Waals surface area (Å²) in [7, 11) is -3.49. The summed E-state index contributed by atoms with van der Waals surface area (Å²) in [6, 6.07) is 6.44. The predicted molar refractivity (Wildman–Crippen MR) is 81.0 cm³/mol. The van der Waals surface area contributed by atoms with E-state index in [9.17, 15) is 8.42 Å². The summed E-state index contributed by atoms with van der Waals surface area (Å²) in [5, 5.41) is 3.84. The van der Waals surface area contributed by atoms with Crippen LogP contribution >= 0.6 is 0 Å². The Balaban J connectivity index is 2.14. The zero-order valence-electron chi connectivity index (χ0n) is 12.3. The van der Waals surface area contributed by atoms with Crippen molar-refractivity contribution in [1.29, 1.82) is 0 Å². The van der Waals surface area contributed by atoms with Crippen LogP contribution in [0.25, 0.3) is 0 Å². The largest absolute Gasteiger partial charge is 0.399 e. The second-order valence-corrected chi connectivity index (χ2v) is 6.84. The molecule has 0 saturated carbocycles. The number of nitrogens with zero attached hydrogens (tertiary/aromatic N) is 1. The molecule has 1 atom stereocenters. The third-order valence-corrected chi connectivity index (χ3v) is 4.61. The van der Waals surface area contributed by atoms with Crippen molar-refractivity contribution in [2.45, 2.75) is 32.6 Å². The fraction of sp³-hybridized carbons (Fsp3) is 0.357. The first-order valence-electron chi connectivity index (χ1n) is 6.55. The highest BCUT2D eigenvalue weighted by Gasteiger charge is 2.22. The van der Waals surface area contributed by atoms with Gasteiger partial charge in [-0.25, -0.2) is 13.1 Å². The van der Waals surface area contributed by atoms with Crippen LogP contribution in [0, 0.1) is 13.8 Å². The summed E-state index contributed by atoms with van der Waals surface area (Å²) in [4.78, 5) is 0. The smallest absolute Gasteiger partial charge is 0.216 e. The molecule has 0 fully saturated rings. The van der Waals surface area contributed by atoms with Gasteiger partial charge in [0.15, 0.2) is 0 Å². The molecule has 1 heterocycles. The Hall–Kier alpha value is -1.86. The molecule has 0 spiro atoms. The van der Waals surface area contributed by atoms with Crippen LogP contribution in [0.2, 0.25) is 0 Å². The highest BCUT2D eigenvalue weighted by molar-refractivity contribution is 7.88. The number of benzene rings is 1. The fourth-order valence-electron chi connectivity index (χ4n) is 2.38. The van der Waals surface area contributed by atoms with Gasteiger partial charge in [-0.1, -0.05) is 17.3 Å². The first kappa shape index (κ1) is 15.5. The van der Waals surface area contributed by atoms with Crippen LogP contribution in [0.1, 0.15) is 35.5 Å². The number of sulfonamides is 1. The number of aryl methyl sites for hydroxylation is 2. The maximum Gasteiger partial charge on any atom is 0.216 e. The van der Waals surface area contributed by atoms with Gasteiger partial charge in [0.1, 0.15) is 5.76 Å². The SMILES string of the molecule is Cc1noc(C)c1C(C)NS(=O)(=O)Cc1cccc(N)c1. The van der Waals surface area contributed by atoms with E-state index in [1.807, 2.05) is 0 Å². The maximum absolute atomic E-state index is 12.2. The molecule has 1 aromatic carbocycles. The van der Waals surface area contributed by atoms with Gasteiger partial charge >= 0.3 is 0 Å². The first-order valence-corrected chi connectivity index (χ1v) is 8.21. The molecule has 0 radical (unpaired) electrons. The van der Waals surface area contributed by atoms with E-state index in [1.54, 1.807) is 45.0 Å². The van der Waals surface area contributed by atoms with Gasteiger partial charge in [0.25, 0.3) is 0 Å². The Bertz CT molecular complexity index is 718. The second-order valence-electron chi connectivity index (χ2n) is 5.08. The van der Waals surface area contributed by atoms with Gasteiger partial charge in [-0.05, 0) is 38.5 Å². The van der Waals surface area contributed by atoms with Crippen LogP contribution in [-0.4, -0.2) is 13.6 Å². The van der Waals surface area contributed by atoms with Crippen molar-refractivity contribution in [2.24, 2.45) is 0 Å². The van der Waals surface area contributed by atoms with Crippen molar-refractivity contribution in [3.05, 3.63) is 46.8 Å². The van der Waals surface area contributed by atoms with E-state index < -0.39 is 16.1 Å². The molecule has 3 N–H and O–H groups in total. The number of nitrogens with one attached hydrogen (secondary N) is 1. The Morgan fingerprint density at radius 1 is 1.38 bits per heavy atom. The minimum atomic E-state index is -3.49. The van der Waals surface area contributed by atoms with E-state index in [2.05, 4.69) is 9.88 Å². The van der Waals surface area contributed by atoms with Crippen LogP contribution in [0.15, 0.2) is 28.8 Å². The van der Waals surface area contributed by atoms with Crippen molar-refractivity contribution in [1.82, 2.24) is 9.88 Å². The average molecular weight is 309 g/mol. The van der Waals surface area contributed by atoms with Crippen molar-refractivity contribution < 1.29 is 12.9 Å². The van der Waals surface area contributed by atoms with Crippen LogP contribution in [0.3, 0.4) is 0 Å². The molecule has 0 amide bonds. The van der Waals surface area contributed by atoms with Gasteiger partial charge in [-0.3, -0.25) is 0 Å². The van der Waals surface area contributed by atoms with Crippen LogP contribution < -0.4 is 10.5 Å². The standard InChI is InChI=1S/C14H19N3O3S/c1-9-14(11(3)20-16-9)10(2)17-21(18,19)8-12-5-4-6-13(15)7-12/h4-7,10,17H,8,15H2,1-3H3. The molecule has 7 heteroatoms. The van der Waals surface area contributed by atoms with Crippen molar-refractivity contribution in [2.75, 3.05) is 5.73 Å². The summed E-state index contributed by atoms with van der Waals surface area (Å²) in [6.45, 7) is 5.32. The molecule has 2 aromatic rings. The summed E-state index contributed by atoms with van der Waals surface area (Å²) in [5.74, 6) is 0.498. The Labute approximate surface area is 124 Å². The number of anilines is 1. The van der Waals surface area contributed by atoms with Gasteiger partial charge in [0.2, 0.25) is 10.0 Å². The van der Waals surface area contributed by atoms with E-state index in [-0.39, 0.29) is 5.75 Å². The van der Waals surface area contributed by atoms with Crippen LogP contribution in [0.5, 0.6) is 0 Å². The lowest BCUT2D eigenvalue weighted by Crippen LogP contribution is -2.28. The van der Waals surface area contributed by atoms with Gasteiger partial charge < -0.3 is 10.3 Å². The number of nitrogens with two attached hydrogens (primary N) is 1. The normalized spacial score (nSPS) is 13.3.